The minimum Gasteiger partial charge on any atom is -0.393 e. The highest BCUT2D eigenvalue weighted by atomic mass is 16.3. The van der Waals surface area contributed by atoms with Gasteiger partial charge in [0.05, 0.1) is 12.2 Å². The molecule has 0 aromatic carbocycles. The third-order valence-electron chi connectivity index (χ3n) is 8.55. The molecule has 4 aliphatic carbocycles. The first-order valence-corrected chi connectivity index (χ1v) is 9.83. The van der Waals surface area contributed by atoms with Crippen LogP contribution < -0.4 is 0 Å². The minimum atomic E-state index is -0.329. The molecule has 0 heterocycles. The van der Waals surface area contributed by atoms with E-state index in [1.54, 1.807) is 6.92 Å². The van der Waals surface area contributed by atoms with Crippen molar-refractivity contribution in [2.45, 2.75) is 77.9 Å². The molecule has 0 spiro atoms. The lowest BCUT2D eigenvalue weighted by molar-refractivity contribution is -0.128. The standard InChI is InChI=1S/C21H32O3/c1-12(22)17-11-18(24)19-15-5-4-13-10-14(23)6-8-20(13,2)16(15)7-9-21(17,19)3/h4,14-19,23-24H,5-11H2,1-3H3/t14-,15?,16?,17?,18-,19?,20-,21+/m0/s1. The Hall–Kier alpha value is -0.670. The van der Waals surface area contributed by atoms with E-state index in [-0.39, 0.29) is 40.7 Å². The molecule has 3 heteroatoms. The van der Waals surface area contributed by atoms with E-state index in [2.05, 4.69) is 19.9 Å². The number of allylic oxidation sites excluding steroid dienone is 1. The van der Waals surface area contributed by atoms with Crippen molar-refractivity contribution in [1.82, 2.24) is 0 Å². The SMILES string of the molecule is CC(=O)C1C[C@H](O)C2C3CC=C4C[C@@H](O)CC[C@]4(C)C3CC[C@]12C. The highest BCUT2D eigenvalue weighted by Gasteiger charge is 2.62. The first-order valence-electron chi connectivity index (χ1n) is 9.83. The molecular formula is C21H32O3. The molecule has 24 heavy (non-hydrogen) atoms. The lowest BCUT2D eigenvalue weighted by Gasteiger charge is -2.58. The number of aliphatic hydroxyl groups is 2. The van der Waals surface area contributed by atoms with Gasteiger partial charge in [-0.2, -0.15) is 0 Å². The average molecular weight is 332 g/mol. The summed E-state index contributed by atoms with van der Waals surface area (Å²) in [7, 11) is 0. The molecule has 4 rings (SSSR count). The van der Waals surface area contributed by atoms with E-state index in [1.807, 2.05) is 0 Å². The summed E-state index contributed by atoms with van der Waals surface area (Å²) in [5, 5.41) is 20.9. The van der Waals surface area contributed by atoms with Crippen molar-refractivity contribution in [3.8, 4) is 0 Å². The second-order valence-electron chi connectivity index (χ2n) is 9.59. The van der Waals surface area contributed by atoms with Crippen molar-refractivity contribution in [2.24, 2.45) is 34.5 Å². The van der Waals surface area contributed by atoms with E-state index >= 15 is 0 Å². The van der Waals surface area contributed by atoms with Crippen LogP contribution in [0, 0.1) is 34.5 Å². The van der Waals surface area contributed by atoms with Crippen LogP contribution in [0.4, 0.5) is 0 Å². The summed E-state index contributed by atoms with van der Waals surface area (Å²) in [6.45, 7) is 6.37. The van der Waals surface area contributed by atoms with Crippen molar-refractivity contribution in [1.29, 1.82) is 0 Å². The molecule has 0 aromatic heterocycles. The lowest BCUT2D eigenvalue weighted by Crippen LogP contribution is -2.52. The Morgan fingerprint density at radius 1 is 1.21 bits per heavy atom. The number of carbonyl (C=O) groups is 1. The summed E-state index contributed by atoms with van der Waals surface area (Å²) in [4.78, 5) is 12.2. The normalized spacial score (nSPS) is 53.6. The molecule has 3 fully saturated rings. The van der Waals surface area contributed by atoms with E-state index < -0.39 is 0 Å². The van der Waals surface area contributed by atoms with E-state index in [0.717, 1.165) is 38.5 Å². The van der Waals surface area contributed by atoms with Gasteiger partial charge in [-0.05, 0) is 80.5 Å². The number of carbonyl (C=O) groups excluding carboxylic acids is 1. The van der Waals surface area contributed by atoms with Crippen LogP contribution in [0.3, 0.4) is 0 Å². The summed E-state index contributed by atoms with van der Waals surface area (Å²) < 4.78 is 0. The number of fused-ring (bicyclic) bond motifs is 5. The van der Waals surface area contributed by atoms with Crippen molar-refractivity contribution < 1.29 is 15.0 Å². The fourth-order valence-corrected chi connectivity index (χ4v) is 7.34. The molecule has 0 radical (unpaired) electrons. The summed E-state index contributed by atoms with van der Waals surface area (Å²) >= 11 is 0. The van der Waals surface area contributed by atoms with Crippen LogP contribution in [0.25, 0.3) is 0 Å². The summed E-state index contributed by atoms with van der Waals surface area (Å²) in [5.74, 6) is 1.64. The van der Waals surface area contributed by atoms with Gasteiger partial charge in [0.1, 0.15) is 5.78 Å². The van der Waals surface area contributed by atoms with Crippen LogP contribution in [-0.4, -0.2) is 28.2 Å². The Bertz CT molecular complexity index is 582. The van der Waals surface area contributed by atoms with Gasteiger partial charge in [-0.1, -0.05) is 25.5 Å². The van der Waals surface area contributed by atoms with Gasteiger partial charge in [0, 0.05) is 5.92 Å². The van der Waals surface area contributed by atoms with Crippen molar-refractivity contribution in [2.75, 3.05) is 0 Å². The Balaban J connectivity index is 1.70. The zero-order chi connectivity index (χ0) is 17.3. The van der Waals surface area contributed by atoms with Crippen LogP contribution in [0.1, 0.15) is 65.7 Å². The Morgan fingerprint density at radius 2 is 1.96 bits per heavy atom. The first kappa shape index (κ1) is 16.8. The molecule has 8 atom stereocenters. The number of hydrogen-bond acceptors (Lipinski definition) is 3. The fourth-order valence-electron chi connectivity index (χ4n) is 7.34. The number of ketones is 1. The second kappa shape index (κ2) is 5.41. The van der Waals surface area contributed by atoms with Crippen molar-refractivity contribution in [3.63, 3.8) is 0 Å². The van der Waals surface area contributed by atoms with E-state index in [9.17, 15) is 15.0 Å². The Labute approximate surface area is 145 Å². The van der Waals surface area contributed by atoms with Crippen LogP contribution >= 0.6 is 0 Å². The van der Waals surface area contributed by atoms with Gasteiger partial charge >= 0.3 is 0 Å². The fraction of sp³-hybridized carbons (Fsp3) is 0.857. The maximum atomic E-state index is 12.2. The van der Waals surface area contributed by atoms with E-state index in [1.165, 1.54) is 5.57 Å². The Morgan fingerprint density at radius 3 is 2.67 bits per heavy atom. The predicted octanol–water partition coefficient (Wildman–Crippen LogP) is 3.49. The molecule has 0 bridgehead atoms. The van der Waals surface area contributed by atoms with Crippen LogP contribution in [-0.2, 0) is 4.79 Å². The second-order valence-corrected chi connectivity index (χ2v) is 9.59. The van der Waals surface area contributed by atoms with Crippen LogP contribution in [0.15, 0.2) is 11.6 Å². The molecule has 3 saturated carbocycles. The van der Waals surface area contributed by atoms with Crippen molar-refractivity contribution >= 4 is 5.78 Å². The maximum Gasteiger partial charge on any atom is 0.133 e. The summed E-state index contributed by atoms with van der Waals surface area (Å²) in [5.41, 5.74) is 1.63. The first-order chi connectivity index (χ1) is 11.3. The third kappa shape index (κ3) is 2.13. The molecule has 3 nitrogen and oxygen atoms in total. The van der Waals surface area contributed by atoms with Gasteiger partial charge in [-0.25, -0.2) is 0 Å². The van der Waals surface area contributed by atoms with Crippen LogP contribution in [0.5, 0.6) is 0 Å². The highest BCUT2D eigenvalue weighted by molar-refractivity contribution is 5.79. The molecule has 2 N–H and O–H groups in total. The average Bonchev–Trinajstić information content (AvgIpc) is 2.80. The zero-order valence-corrected chi connectivity index (χ0v) is 15.3. The summed E-state index contributed by atoms with van der Waals surface area (Å²) in [6, 6.07) is 0. The number of hydrogen-bond donors (Lipinski definition) is 2. The minimum absolute atomic E-state index is 0.0255. The molecule has 0 aliphatic heterocycles. The maximum absolute atomic E-state index is 12.2. The van der Waals surface area contributed by atoms with Crippen LogP contribution in [0.2, 0.25) is 0 Å². The predicted molar refractivity (Wildman–Crippen MR) is 93.3 cm³/mol. The number of Topliss-reactive ketones (excluding diaryl/α,β-unsaturated/α-hetero) is 1. The van der Waals surface area contributed by atoms with Gasteiger partial charge in [0.25, 0.3) is 0 Å². The molecule has 4 aliphatic rings. The molecule has 0 amide bonds. The quantitative estimate of drug-likeness (QED) is 0.723. The van der Waals surface area contributed by atoms with Crippen molar-refractivity contribution in [3.05, 3.63) is 11.6 Å². The van der Waals surface area contributed by atoms with E-state index in [4.69, 9.17) is 0 Å². The Kier molecular flexibility index (Phi) is 3.78. The van der Waals surface area contributed by atoms with E-state index in [0.29, 0.717) is 18.3 Å². The number of aliphatic hydroxyl groups excluding tert-OH is 2. The monoisotopic (exact) mass is 332 g/mol. The van der Waals surface area contributed by atoms with Gasteiger partial charge in [-0.15, -0.1) is 0 Å². The van der Waals surface area contributed by atoms with Gasteiger partial charge in [0.2, 0.25) is 0 Å². The smallest absolute Gasteiger partial charge is 0.133 e. The van der Waals surface area contributed by atoms with Gasteiger partial charge in [0.15, 0.2) is 0 Å². The molecule has 0 saturated heterocycles. The lowest BCUT2D eigenvalue weighted by atomic mass is 9.47. The number of rotatable bonds is 1. The van der Waals surface area contributed by atoms with Gasteiger partial charge in [-0.3, -0.25) is 4.79 Å². The molecular weight excluding hydrogens is 300 g/mol. The highest BCUT2D eigenvalue weighted by Crippen LogP contribution is 2.66. The van der Waals surface area contributed by atoms with Gasteiger partial charge < -0.3 is 10.2 Å². The third-order valence-corrected chi connectivity index (χ3v) is 8.55. The largest absolute Gasteiger partial charge is 0.393 e. The summed E-state index contributed by atoms with van der Waals surface area (Å²) in [6.07, 6.45) is 8.58. The zero-order valence-electron chi connectivity index (χ0n) is 15.3. The molecule has 4 unspecified atom stereocenters. The topological polar surface area (TPSA) is 57.5 Å². The molecule has 134 valence electrons. The molecule has 0 aromatic rings.